The van der Waals surface area contributed by atoms with Crippen LogP contribution in [0.3, 0.4) is 0 Å². The van der Waals surface area contributed by atoms with Crippen molar-refractivity contribution in [1.29, 1.82) is 0 Å². The summed E-state index contributed by atoms with van der Waals surface area (Å²) in [4.78, 5) is 0. The summed E-state index contributed by atoms with van der Waals surface area (Å²) in [6, 6.07) is 0. The zero-order valence-corrected chi connectivity index (χ0v) is 5.36. The van der Waals surface area contributed by atoms with Gasteiger partial charge in [0.2, 0.25) is 0 Å². The molecule has 0 saturated heterocycles. The van der Waals surface area contributed by atoms with Crippen LogP contribution < -0.4 is 0 Å². The van der Waals surface area contributed by atoms with Gasteiger partial charge in [0, 0.05) is 0 Å². The van der Waals surface area contributed by atoms with Gasteiger partial charge < -0.3 is 0 Å². The van der Waals surface area contributed by atoms with Crippen molar-refractivity contribution in [2.45, 2.75) is 10.0 Å². The third-order valence-electron chi connectivity index (χ3n) is 0.0556. The van der Waals surface area contributed by atoms with Gasteiger partial charge in [0.15, 0.2) is 0 Å². The maximum atomic E-state index is 2.78. The van der Waals surface area contributed by atoms with Gasteiger partial charge in [-0.25, -0.2) is 0 Å². The molecule has 0 fully saturated rings. The number of hydrogen-bond donors (Lipinski definition) is 0. The van der Waals surface area contributed by atoms with Gasteiger partial charge in [-0.1, -0.05) is 0 Å². The first-order chi connectivity index (χ1) is 1.91. The van der Waals surface area contributed by atoms with Crippen LogP contribution in [0.15, 0.2) is 0 Å². The van der Waals surface area contributed by atoms with Crippen LogP contribution in [0.5, 0.6) is 0 Å². The van der Waals surface area contributed by atoms with Gasteiger partial charge in [0.25, 0.3) is 0 Å². The Morgan fingerprint density at radius 2 is 1.25 bits per heavy atom. The average molecular weight is 234 g/mol. The second-order valence-electron chi connectivity index (χ2n) is 0.333. The SMILES string of the molecule is [Rh][CH2][CH2][Rh]. The van der Waals surface area contributed by atoms with Gasteiger partial charge in [0.1, 0.15) is 0 Å². The molecule has 0 aliphatic carbocycles. The van der Waals surface area contributed by atoms with Gasteiger partial charge in [-0.05, 0) is 0 Å². The van der Waals surface area contributed by atoms with Crippen molar-refractivity contribution in [2.24, 2.45) is 0 Å². The molecule has 0 N–H and O–H groups in total. The Morgan fingerprint density at radius 1 is 1.00 bits per heavy atom. The van der Waals surface area contributed by atoms with Gasteiger partial charge in [-0.15, -0.1) is 0 Å². The summed E-state index contributed by atoms with van der Waals surface area (Å²) in [5, 5.41) is 2.32. The van der Waals surface area contributed by atoms with E-state index in [2.05, 4.69) is 36.6 Å². The molecule has 0 atom stereocenters. The molecule has 0 bridgehead atoms. The van der Waals surface area contributed by atoms with Crippen LogP contribution in [-0.2, 0) is 36.6 Å². The summed E-state index contributed by atoms with van der Waals surface area (Å²) in [6.07, 6.45) is 0. The molecule has 0 aromatic heterocycles. The Kier molecular flexibility index (Phi) is 5.57. The van der Waals surface area contributed by atoms with E-state index in [0.29, 0.717) is 0 Å². The van der Waals surface area contributed by atoms with Gasteiger partial charge in [0.05, 0.1) is 0 Å². The van der Waals surface area contributed by atoms with E-state index in [1.165, 1.54) is 0 Å². The fourth-order valence-electron chi connectivity index (χ4n) is 0. The second kappa shape index (κ2) is 4.25. The van der Waals surface area contributed by atoms with Crippen molar-refractivity contribution in [3.8, 4) is 0 Å². The van der Waals surface area contributed by atoms with E-state index >= 15 is 0 Å². The van der Waals surface area contributed by atoms with Crippen LogP contribution in [0.25, 0.3) is 0 Å². The van der Waals surface area contributed by atoms with E-state index in [1.54, 1.807) is 0 Å². The summed E-state index contributed by atoms with van der Waals surface area (Å²) >= 11 is 5.56. The molecule has 30 valence electrons. The molecule has 2 heteroatoms. The molecule has 0 radical (unpaired) electrons. The third kappa shape index (κ3) is 3.25. The summed E-state index contributed by atoms with van der Waals surface area (Å²) in [5.41, 5.74) is 0. The third-order valence-corrected chi connectivity index (χ3v) is 1.94. The zero-order valence-electron chi connectivity index (χ0n) is 2.08. The Labute approximate surface area is 46.7 Å². The molecular formula is C2H4Rh2. The molecule has 0 saturated carbocycles. The Hall–Kier alpha value is 1.25. The molecule has 0 nitrogen and oxygen atoms in total. The molecule has 0 heterocycles. The first-order valence-electron chi connectivity index (χ1n) is 0.971. The predicted molar refractivity (Wildman–Crippen MR) is 9.61 cm³/mol. The average Bonchev–Trinajstić information content (AvgIpc) is 1.37. The molecule has 0 aliphatic rings. The Morgan fingerprint density at radius 3 is 1.25 bits per heavy atom. The molecule has 0 aliphatic heterocycles. The van der Waals surface area contributed by atoms with Crippen LogP contribution in [0, 0.1) is 0 Å². The molecular weight excluding hydrogens is 230 g/mol. The fraction of sp³-hybridized carbons (Fsp3) is 1.00. The first kappa shape index (κ1) is 5.25. The van der Waals surface area contributed by atoms with Crippen molar-refractivity contribution in [1.82, 2.24) is 0 Å². The van der Waals surface area contributed by atoms with E-state index in [1.807, 2.05) is 0 Å². The molecule has 4 heavy (non-hydrogen) atoms. The Balaban J connectivity index is 1.97. The fourth-order valence-corrected chi connectivity index (χ4v) is 0. The minimum atomic E-state index is 1.16. The summed E-state index contributed by atoms with van der Waals surface area (Å²) in [7, 11) is 0. The topological polar surface area (TPSA) is 0 Å². The van der Waals surface area contributed by atoms with Crippen molar-refractivity contribution >= 4 is 0 Å². The summed E-state index contributed by atoms with van der Waals surface area (Å²) in [5.74, 6) is 0. The van der Waals surface area contributed by atoms with Crippen LogP contribution in [-0.4, -0.2) is 0 Å². The minimum absolute atomic E-state index is 1.16. The van der Waals surface area contributed by atoms with Crippen molar-refractivity contribution in [2.75, 3.05) is 0 Å². The van der Waals surface area contributed by atoms with E-state index in [9.17, 15) is 0 Å². The van der Waals surface area contributed by atoms with Gasteiger partial charge >= 0.3 is 46.6 Å². The molecule has 0 amide bonds. The zero-order chi connectivity index (χ0) is 3.41. The van der Waals surface area contributed by atoms with E-state index in [0.717, 1.165) is 10.0 Å². The van der Waals surface area contributed by atoms with Gasteiger partial charge in [-0.3, -0.25) is 0 Å². The normalized spacial score (nSPS) is 8.00. The number of hydrogen-bond acceptors (Lipinski definition) is 0. The van der Waals surface area contributed by atoms with Crippen LogP contribution >= 0.6 is 0 Å². The molecule has 0 rings (SSSR count). The van der Waals surface area contributed by atoms with Gasteiger partial charge in [-0.2, -0.15) is 0 Å². The maximum absolute atomic E-state index is 2.78. The van der Waals surface area contributed by atoms with E-state index in [-0.39, 0.29) is 0 Å². The predicted octanol–water partition coefficient (Wildman–Crippen LogP) is 0.917. The molecule has 0 aromatic rings. The number of rotatable bonds is 1. The summed E-state index contributed by atoms with van der Waals surface area (Å²) in [6.45, 7) is 0. The monoisotopic (exact) mass is 234 g/mol. The standard InChI is InChI=1S/C2H4.2Rh/c1-2;;/h1-2H2;;. The second-order valence-corrected chi connectivity index (χ2v) is 1.97. The van der Waals surface area contributed by atoms with E-state index < -0.39 is 0 Å². The van der Waals surface area contributed by atoms with Crippen LogP contribution in [0.4, 0.5) is 0 Å². The Bertz CT molecular complexity index is 6.00. The molecule has 0 unspecified atom stereocenters. The summed E-state index contributed by atoms with van der Waals surface area (Å²) < 4.78 is 0. The molecule has 0 spiro atoms. The molecule has 0 aromatic carbocycles. The quantitative estimate of drug-likeness (QED) is 0.591. The van der Waals surface area contributed by atoms with E-state index in [4.69, 9.17) is 0 Å². The van der Waals surface area contributed by atoms with Crippen molar-refractivity contribution < 1.29 is 36.6 Å². The van der Waals surface area contributed by atoms with Crippen molar-refractivity contribution in [3.05, 3.63) is 0 Å². The van der Waals surface area contributed by atoms with Crippen LogP contribution in [0.2, 0.25) is 10.0 Å². The van der Waals surface area contributed by atoms with Crippen molar-refractivity contribution in [3.63, 3.8) is 0 Å². The van der Waals surface area contributed by atoms with Crippen LogP contribution in [0.1, 0.15) is 0 Å². The first-order valence-corrected chi connectivity index (χ1v) is 3.29.